The molecule has 0 aromatic carbocycles. The Morgan fingerprint density at radius 3 is 2.84 bits per heavy atom. The third-order valence-corrected chi connectivity index (χ3v) is 2.83. The number of nitrogens with one attached hydrogen (secondary N) is 1. The van der Waals surface area contributed by atoms with Crippen LogP contribution in [0.4, 0.5) is 5.82 Å². The molecular formula is C13H20ClN3O2. The lowest BCUT2D eigenvalue weighted by Crippen LogP contribution is -2.36. The minimum absolute atomic E-state index is 0.0518. The lowest BCUT2D eigenvalue weighted by Gasteiger charge is -2.20. The van der Waals surface area contributed by atoms with Gasteiger partial charge in [0.15, 0.2) is 0 Å². The van der Waals surface area contributed by atoms with E-state index in [4.69, 9.17) is 16.7 Å². The van der Waals surface area contributed by atoms with E-state index in [1.807, 2.05) is 4.90 Å². The van der Waals surface area contributed by atoms with Crippen LogP contribution < -0.4 is 5.32 Å². The quantitative estimate of drug-likeness (QED) is 0.764. The van der Waals surface area contributed by atoms with Gasteiger partial charge in [-0.2, -0.15) is 0 Å². The van der Waals surface area contributed by atoms with E-state index in [1.165, 1.54) is 6.20 Å². The van der Waals surface area contributed by atoms with E-state index >= 15 is 0 Å². The van der Waals surface area contributed by atoms with Crippen LogP contribution in [0.15, 0.2) is 18.3 Å². The Kier molecular flexibility index (Phi) is 7.40. The fourth-order valence-electron chi connectivity index (χ4n) is 1.63. The Balaban J connectivity index is 2.45. The van der Waals surface area contributed by atoms with Gasteiger partial charge in [-0.25, -0.2) is 4.98 Å². The molecular weight excluding hydrogens is 266 g/mol. The molecule has 0 atom stereocenters. The van der Waals surface area contributed by atoms with Gasteiger partial charge in [-0.15, -0.1) is 0 Å². The van der Waals surface area contributed by atoms with Crippen molar-refractivity contribution in [3.63, 3.8) is 0 Å². The first-order chi connectivity index (χ1) is 9.15. The maximum atomic E-state index is 11.8. The first-order valence-electron chi connectivity index (χ1n) is 6.40. The van der Waals surface area contributed by atoms with Gasteiger partial charge in [-0.3, -0.25) is 9.69 Å². The smallest absolute Gasteiger partial charge is 0.239 e. The van der Waals surface area contributed by atoms with Gasteiger partial charge in [0.2, 0.25) is 5.91 Å². The van der Waals surface area contributed by atoms with Gasteiger partial charge in [0, 0.05) is 12.7 Å². The van der Waals surface area contributed by atoms with E-state index in [0.29, 0.717) is 17.4 Å². The molecule has 1 aromatic rings. The van der Waals surface area contributed by atoms with Crippen molar-refractivity contribution in [2.45, 2.75) is 19.8 Å². The van der Waals surface area contributed by atoms with Gasteiger partial charge in [0.25, 0.3) is 0 Å². The molecule has 6 heteroatoms. The van der Waals surface area contributed by atoms with Crippen molar-refractivity contribution < 1.29 is 9.90 Å². The number of pyridine rings is 1. The van der Waals surface area contributed by atoms with Crippen molar-refractivity contribution in [2.24, 2.45) is 0 Å². The molecule has 0 fully saturated rings. The summed E-state index contributed by atoms with van der Waals surface area (Å²) in [5.74, 6) is 0.341. The second-order valence-corrected chi connectivity index (χ2v) is 4.70. The second-order valence-electron chi connectivity index (χ2n) is 4.26. The summed E-state index contributed by atoms with van der Waals surface area (Å²) in [6.07, 6.45) is 3.55. The zero-order valence-corrected chi connectivity index (χ0v) is 11.9. The van der Waals surface area contributed by atoms with Gasteiger partial charge in [-0.1, -0.05) is 24.9 Å². The summed E-state index contributed by atoms with van der Waals surface area (Å²) in [5, 5.41) is 12.2. The van der Waals surface area contributed by atoms with Crippen LogP contribution in [0.2, 0.25) is 5.02 Å². The highest BCUT2D eigenvalue weighted by atomic mass is 35.5. The molecule has 0 aliphatic carbocycles. The Morgan fingerprint density at radius 1 is 1.47 bits per heavy atom. The van der Waals surface area contributed by atoms with Gasteiger partial charge in [0.05, 0.1) is 18.2 Å². The molecule has 1 heterocycles. The highest BCUT2D eigenvalue weighted by molar-refractivity contribution is 6.30. The number of nitrogens with zero attached hydrogens (tertiary/aromatic N) is 2. The van der Waals surface area contributed by atoms with Crippen molar-refractivity contribution in [3.05, 3.63) is 23.4 Å². The molecule has 0 bridgehead atoms. The number of aliphatic hydroxyl groups excluding tert-OH is 1. The number of aliphatic hydroxyl groups is 1. The monoisotopic (exact) mass is 285 g/mol. The zero-order valence-electron chi connectivity index (χ0n) is 11.1. The molecule has 2 N–H and O–H groups in total. The molecule has 0 aliphatic heterocycles. The summed E-state index contributed by atoms with van der Waals surface area (Å²) in [5.41, 5.74) is 0. The molecule has 1 aromatic heterocycles. The fraction of sp³-hybridized carbons (Fsp3) is 0.538. The number of carbonyl (C=O) groups is 1. The number of rotatable bonds is 8. The number of hydrogen-bond acceptors (Lipinski definition) is 4. The number of anilines is 1. The highest BCUT2D eigenvalue weighted by Crippen LogP contribution is 2.09. The van der Waals surface area contributed by atoms with Crippen LogP contribution in [0.5, 0.6) is 0 Å². The third-order valence-electron chi connectivity index (χ3n) is 2.61. The molecule has 1 rings (SSSR count). The minimum Gasteiger partial charge on any atom is -0.395 e. The molecule has 1 amide bonds. The second kappa shape index (κ2) is 8.85. The first kappa shape index (κ1) is 15.9. The minimum atomic E-state index is -0.139. The molecule has 19 heavy (non-hydrogen) atoms. The Morgan fingerprint density at radius 2 is 2.26 bits per heavy atom. The summed E-state index contributed by atoms with van der Waals surface area (Å²) in [6.45, 7) is 3.70. The van der Waals surface area contributed by atoms with Crippen LogP contribution >= 0.6 is 11.6 Å². The summed E-state index contributed by atoms with van der Waals surface area (Å²) >= 11 is 5.72. The molecule has 0 unspecified atom stereocenters. The summed E-state index contributed by atoms with van der Waals surface area (Å²) < 4.78 is 0. The van der Waals surface area contributed by atoms with Crippen molar-refractivity contribution in [3.8, 4) is 0 Å². The van der Waals surface area contributed by atoms with Crippen molar-refractivity contribution in [1.29, 1.82) is 0 Å². The van der Waals surface area contributed by atoms with Gasteiger partial charge < -0.3 is 10.4 Å². The van der Waals surface area contributed by atoms with Crippen molar-refractivity contribution in [2.75, 3.05) is 31.6 Å². The largest absolute Gasteiger partial charge is 0.395 e. The fourth-order valence-corrected chi connectivity index (χ4v) is 1.74. The maximum absolute atomic E-state index is 11.8. The Bertz CT molecular complexity index is 384. The molecule has 106 valence electrons. The predicted molar refractivity (Wildman–Crippen MR) is 76.3 cm³/mol. The van der Waals surface area contributed by atoms with Gasteiger partial charge >= 0.3 is 0 Å². The number of hydrogen-bond donors (Lipinski definition) is 2. The van der Waals surface area contributed by atoms with E-state index in [9.17, 15) is 4.79 Å². The lowest BCUT2D eigenvalue weighted by molar-refractivity contribution is -0.117. The normalized spacial score (nSPS) is 10.7. The standard InChI is InChI=1S/C13H20ClN3O2/c1-2-3-6-17(7-8-18)10-13(19)16-12-5-4-11(14)9-15-12/h4-5,9,18H,2-3,6-8,10H2,1H3,(H,15,16,19). The third kappa shape index (κ3) is 6.52. The Labute approximate surface area is 118 Å². The number of halogens is 1. The van der Waals surface area contributed by atoms with Crippen LogP contribution in [0.25, 0.3) is 0 Å². The average molecular weight is 286 g/mol. The van der Waals surface area contributed by atoms with E-state index in [1.54, 1.807) is 12.1 Å². The van der Waals surface area contributed by atoms with Crippen LogP contribution in [0, 0.1) is 0 Å². The molecule has 0 spiro atoms. The maximum Gasteiger partial charge on any atom is 0.239 e. The molecule has 0 aliphatic rings. The predicted octanol–water partition coefficient (Wildman–Crippen LogP) is 1.77. The van der Waals surface area contributed by atoms with Crippen molar-refractivity contribution >= 4 is 23.3 Å². The zero-order chi connectivity index (χ0) is 14.1. The van der Waals surface area contributed by atoms with Crippen molar-refractivity contribution in [1.82, 2.24) is 9.88 Å². The molecule has 5 nitrogen and oxygen atoms in total. The topological polar surface area (TPSA) is 65.5 Å². The summed E-state index contributed by atoms with van der Waals surface area (Å²) in [7, 11) is 0. The van der Waals surface area contributed by atoms with E-state index < -0.39 is 0 Å². The van der Waals surface area contributed by atoms with Gasteiger partial charge in [0.1, 0.15) is 5.82 Å². The van der Waals surface area contributed by atoms with Crippen LogP contribution in [-0.2, 0) is 4.79 Å². The average Bonchev–Trinajstić information content (AvgIpc) is 2.39. The SMILES string of the molecule is CCCCN(CCO)CC(=O)Nc1ccc(Cl)cn1. The first-order valence-corrected chi connectivity index (χ1v) is 6.78. The van der Waals surface area contributed by atoms with Crippen LogP contribution in [0.3, 0.4) is 0 Å². The molecule has 0 radical (unpaired) electrons. The van der Waals surface area contributed by atoms with E-state index in [-0.39, 0.29) is 19.1 Å². The van der Waals surface area contributed by atoms with Crippen LogP contribution in [0.1, 0.15) is 19.8 Å². The lowest BCUT2D eigenvalue weighted by atomic mass is 10.3. The molecule has 0 saturated carbocycles. The number of carbonyl (C=O) groups excluding carboxylic acids is 1. The Hall–Kier alpha value is -1.17. The van der Waals surface area contributed by atoms with E-state index in [0.717, 1.165) is 19.4 Å². The number of amides is 1. The summed E-state index contributed by atoms with van der Waals surface area (Å²) in [4.78, 5) is 17.8. The van der Waals surface area contributed by atoms with Gasteiger partial charge in [-0.05, 0) is 25.1 Å². The molecule has 0 saturated heterocycles. The van der Waals surface area contributed by atoms with E-state index in [2.05, 4.69) is 17.2 Å². The van der Waals surface area contributed by atoms with Crippen LogP contribution in [-0.4, -0.2) is 47.1 Å². The number of aromatic nitrogens is 1. The highest BCUT2D eigenvalue weighted by Gasteiger charge is 2.10. The number of unbranched alkanes of at least 4 members (excludes halogenated alkanes) is 1. The summed E-state index contributed by atoms with van der Waals surface area (Å²) in [6, 6.07) is 3.33.